The predicted molar refractivity (Wildman–Crippen MR) is 53.8 cm³/mol. The molecule has 0 radical (unpaired) electrons. The summed E-state index contributed by atoms with van der Waals surface area (Å²) in [4.78, 5) is 22.1. The zero-order valence-electron chi connectivity index (χ0n) is 9.13. The molecule has 0 aliphatic carbocycles. The fourth-order valence-corrected chi connectivity index (χ4v) is 1.07. The van der Waals surface area contributed by atoms with Gasteiger partial charge >= 0.3 is 5.97 Å². The molecule has 0 fully saturated rings. The molecule has 0 aliphatic heterocycles. The first-order valence-corrected chi connectivity index (χ1v) is 4.96. The number of unbranched alkanes of at least 4 members (excludes halogenated alkanes) is 1. The first-order valence-electron chi connectivity index (χ1n) is 4.96. The summed E-state index contributed by atoms with van der Waals surface area (Å²) in [6.45, 7) is 3.83. The van der Waals surface area contributed by atoms with Gasteiger partial charge in [0.15, 0.2) is 0 Å². The number of nitrogens with one attached hydrogen (secondary N) is 1. The van der Waals surface area contributed by atoms with E-state index in [2.05, 4.69) is 10.1 Å². The number of rotatable bonds is 6. The summed E-state index contributed by atoms with van der Waals surface area (Å²) in [5.41, 5.74) is 0. The second kappa shape index (κ2) is 7.35. The highest BCUT2D eigenvalue weighted by molar-refractivity contribution is 5.77. The molecular weight excluding hydrogens is 182 g/mol. The standard InChI is InChI=1S/C10H19NO3/c1-4-5-6-9(12)11-8(2)7-10(13)14-3/h8H,4-7H2,1-3H3,(H,11,12). The molecule has 0 saturated carbocycles. The van der Waals surface area contributed by atoms with Gasteiger partial charge in [0, 0.05) is 12.5 Å². The Balaban J connectivity index is 3.65. The number of amides is 1. The van der Waals surface area contributed by atoms with Gasteiger partial charge in [0.2, 0.25) is 5.91 Å². The topological polar surface area (TPSA) is 55.4 Å². The highest BCUT2D eigenvalue weighted by atomic mass is 16.5. The third-order valence-electron chi connectivity index (χ3n) is 1.87. The minimum absolute atomic E-state index is 0.00301. The molecule has 0 aromatic heterocycles. The molecule has 4 heteroatoms. The molecule has 0 spiro atoms. The number of carbonyl (C=O) groups excluding carboxylic acids is 2. The van der Waals surface area contributed by atoms with E-state index in [0.717, 1.165) is 12.8 Å². The monoisotopic (exact) mass is 201 g/mol. The molecule has 0 aromatic carbocycles. The van der Waals surface area contributed by atoms with Gasteiger partial charge in [-0.3, -0.25) is 9.59 Å². The number of carbonyl (C=O) groups is 2. The number of hydrogen-bond acceptors (Lipinski definition) is 3. The average Bonchev–Trinajstić information content (AvgIpc) is 2.14. The summed E-state index contributed by atoms with van der Waals surface area (Å²) in [6.07, 6.45) is 2.64. The first-order chi connectivity index (χ1) is 6.60. The van der Waals surface area contributed by atoms with Crippen molar-refractivity contribution in [2.45, 2.75) is 45.6 Å². The lowest BCUT2D eigenvalue weighted by Crippen LogP contribution is -2.34. The Morgan fingerprint density at radius 2 is 2.07 bits per heavy atom. The predicted octanol–water partition coefficient (Wildman–Crippen LogP) is 1.24. The maximum Gasteiger partial charge on any atom is 0.307 e. The van der Waals surface area contributed by atoms with Crippen molar-refractivity contribution in [3.63, 3.8) is 0 Å². The minimum Gasteiger partial charge on any atom is -0.469 e. The van der Waals surface area contributed by atoms with E-state index in [0.29, 0.717) is 6.42 Å². The normalized spacial score (nSPS) is 11.9. The summed E-state index contributed by atoms with van der Waals surface area (Å²) in [5, 5.41) is 2.74. The van der Waals surface area contributed by atoms with Crippen molar-refractivity contribution in [2.24, 2.45) is 0 Å². The van der Waals surface area contributed by atoms with Gasteiger partial charge < -0.3 is 10.1 Å². The summed E-state index contributed by atoms with van der Waals surface area (Å²) in [6, 6.07) is -0.146. The highest BCUT2D eigenvalue weighted by Gasteiger charge is 2.11. The summed E-state index contributed by atoms with van der Waals surface area (Å²) >= 11 is 0. The quantitative estimate of drug-likeness (QED) is 0.658. The molecule has 1 unspecified atom stereocenters. The second-order valence-corrected chi connectivity index (χ2v) is 3.35. The number of methoxy groups -OCH3 is 1. The Hall–Kier alpha value is -1.06. The van der Waals surface area contributed by atoms with Crippen molar-refractivity contribution in [1.29, 1.82) is 0 Å². The van der Waals surface area contributed by atoms with Crippen LogP contribution in [-0.2, 0) is 14.3 Å². The van der Waals surface area contributed by atoms with Crippen LogP contribution in [0.15, 0.2) is 0 Å². The van der Waals surface area contributed by atoms with Crippen LogP contribution in [0.3, 0.4) is 0 Å². The Morgan fingerprint density at radius 3 is 2.57 bits per heavy atom. The van der Waals surface area contributed by atoms with Crippen molar-refractivity contribution in [3.8, 4) is 0 Å². The smallest absolute Gasteiger partial charge is 0.307 e. The van der Waals surface area contributed by atoms with Crippen LogP contribution in [0.1, 0.15) is 39.5 Å². The first kappa shape index (κ1) is 12.9. The molecule has 0 saturated heterocycles. The van der Waals surface area contributed by atoms with E-state index < -0.39 is 0 Å². The van der Waals surface area contributed by atoms with Crippen LogP contribution in [0.4, 0.5) is 0 Å². The highest BCUT2D eigenvalue weighted by Crippen LogP contribution is 1.97. The molecule has 1 amide bonds. The van der Waals surface area contributed by atoms with Crippen LogP contribution < -0.4 is 5.32 Å². The summed E-state index contributed by atoms with van der Waals surface area (Å²) in [5.74, 6) is -0.295. The maximum atomic E-state index is 11.2. The largest absolute Gasteiger partial charge is 0.469 e. The van der Waals surface area contributed by atoms with Crippen LogP contribution >= 0.6 is 0 Å². The molecule has 1 N–H and O–H groups in total. The van der Waals surface area contributed by atoms with Crippen LogP contribution in [0.2, 0.25) is 0 Å². The number of esters is 1. The number of hydrogen-bond donors (Lipinski definition) is 1. The van der Waals surface area contributed by atoms with E-state index in [9.17, 15) is 9.59 Å². The maximum absolute atomic E-state index is 11.2. The second-order valence-electron chi connectivity index (χ2n) is 3.35. The zero-order chi connectivity index (χ0) is 11.0. The van der Waals surface area contributed by atoms with E-state index in [1.54, 1.807) is 6.92 Å². The Bertz CT molecular complexity index is 192. The van der Waals surface area contributed by atoms with E-state index in [4.69, 9.17) is 0 Å². The Labute approximate surface area is 85.0 Å². The van der Waals surface area contributed by atoms with Gasteiger partial charge in [0.05, 0.1) is 13.5 Å². The zero-order valence-corrected chi connectivity index (χ0v) is 9.13. The van der Waals surface area contributed by atoms with Crippen molar-refractivity contribution in [2.75, 3.05) is 7.11 Å². The summed E-state index contributed by atoms with van der Waals surface area (Å²) in [7, 11) is 1.34. The van der Waals surface area contributed by atoms with E-state index >= 15 is 0 Å². The molecule has 0 aromatic rings. The van der Waals surface area contributed by atoms with Crippen molar-refractivity contribution in [1.82, 2.24) is 5.32 Å². The molecule has 1 atom stereocenters. The summed E-state index contributed by atoms with van der Waals surface area (Å²) < 4.78 is 4.49. The van der Waals surface area contributed by atoms with E-state index in [1.807, 2.05) is 6.92 Å². The van der Waals surface area contributed by atoms with Gasteiger partial charge in [0.25, 0.3) is 0 Å². The van der Waals surface area contributed by atoms with Gasteiger partial charge in [-0.25, -0.2) is 0 Å². The van der Waals surface area contributed by atoms with Crippen LogP contribution in [-0.4, -0.2) is 25.0 Å². The lowest BCUT2D eigenvalue weighted by molar-refractivity contribution is -0.141. The fourth-order valence-electron chi connectivity index (χ4n) is 1.07. The molecule has 0 rings (SSSR count). The van der Waals surface area contributed by atoms with Crippen molar-refractivity contribution >= 4 is 11.9 Å². The molecule has 0 heterocycles. The fraction of sp³-hybridized carbons (Fsp3) is 0.800. The molecule has 0 bridgehead atoms. The lowest BCUT2D eigenvalue weighted by atomic mass is 10.2. The van der Waals surface area contributed by atoms with Crippen molar-refractivity contribution < 1.29 is 14.3 Å². The third kappa shape index (κ3) is 6.46. The van der Waals surface area contributed by atoms with Gasteiger partial charge in [-0.1, -0.05) is 13.3 Å². The van der Waals surface area contributed by atoms with E-state index in [-0.39, 0.29) is 24.3 Å². The molecular formula is C10H19NO3. The Morgan fingerprint density at radius 1 is 1.43 bits per heavy atom. The van der Waals surface area contributed by atoms with Gasteiger partial charge in [-0.2, -0.15) is 0 Å². The molecule has 4 nitrogen and oxygen atoms in total. The average molecular weight is 201 g/mol. The lowest BCUT2D eigenvalue weighted by Gasteiger charge is -2.11. The molecule has 14 heavy (non-hydrogen) atoms. The van der Waals surface area contributed by atoms with E-state index in [1.165, 1.54) is 7.11 Å². The van der Waals surface area contributed by atoms with Crippen LogP contribution in [0.5, 0.6) is 0 Å². The molecule has 82 valence electrons. The molecule has 0 aliphatic rings. The van der Waals surface area contributed by atoms with Gasteiger partial charge in [-0.15, -0.1) is 0 Å². The van der Waals surface area contributed by atoms with Gasteiger partial charge in [-0.05, 0) is 13.3 Å². The number of ether oxygens (including phenoxy) is 1. The van der Waals surface area contributed by atoms with Crippen molar-refractivity contribution in [3.05, 3.63) is 0 Å². The van der Waals surface area contributed by atoms with Crippen LogP contribution in [0, 0.1) is 0 Å². The SMILES string of the molecule is CCCCC(=O)NC(C)CC(=O)OC. The van der Waals surface area contributed by atoms with Gasteiger partial charge in [0.1, 0.15) is 0 Å². The third-order valence-corrected chi connectivity index (χ3v) is 1.87. The minimum atomic E-state index is -0.298. The van der Waals surface area contributed by atoms with Crippen LogP contribution in [0.25, 0.3) is 0 Å². The Kier molecular flexibility index (Phi) is 6.80.